The van der Waals surface area contributed by atoms with Crippen molar-refractivity contribution >= 4 is 17.3 Å². The Bertz CT molecular complexity index is 731. The number of nitrogens with one attached hydrogen (secondary N) is 1. The van der Waals surface area contributed by atoms with Crippen LogP contribution < -0.4 is 5.32 Å². The predicted octanol–water partition coefficient (Wildman–Crippen LogP) is 3.00. The summed E-state index contributed by atoms with van der Waals surface area (Å²) in [4.78, 5) is 21.7. The lowest BCUT2D eigenvalue weighted by Crippen LogP contribution is -2.14. The lowest BCUT2D eigenvalue weighted by atomic mass is 10.1. The first-order valence-electron chi connectivity index (χ1n) is 5.94. The summed E-state index contributed by atoms with van der Waals surface area (Å²) in [7, 11) is 0. The summed E-state index contributed by atoms with van der Waals surface area (Å²) in [6, 6.07) is 7.32. The van der Waals surface area contributed by atoms with Crippen LogP contribution in [0.2, 0.25) is 0 Å². The van der Waals surface area contributed by atoms with Gasteiger partial charge >= 0.3 is 0 Å². The average molecular weight is 290 g/mol. The number of phenols is 1. The SMILES string of the molecule is Cc1c(O)cccc1NC(=O)c1ccc([N+](=O)[O-])cc1F. The number of benzene rings is 2. The van der Waals surface area contributed by atoms with Crippen molar-refractivity contribution in [2.24, 2.45) is 0 Å². The Hall–Kier alpha value is -2.96. The molecule has 0 fully saturated rings. The second-order valence-electron chi connectivity index (χ2n) is 4.33. The number of nitro benzene ring substituents is 1. The number of carbonyl (C=O) groups excluding carboxylic acids is 1. The van der Waals surface area contributed by atoms with Gasteiger partial charge in [-0.2, -0.15) is 0 Å². The first-order valence-corrected chi connectivity index (χ1v) is 5.94. The Balaban J connectivity index is 2.29. The highest BCUT2D eigenvalue weighted by molar-refractivity contribution is 6.05. The Morgan fingerprint density at radius 3 is 2.67 bits per heavy atom. The van der Waals surface area contributed by atoms with Crippen LogP contribution in [-0.2, 0) is 0 Å². The quantitative estimate of drug-likeness (QED) is 0.671. The van der Waals surface area contributed by atoms with Gasteiger partial charge in [0.2, 0.25) is 0 Å². The fourth-order valence-electron chi connectivity index (χ4n) is 1.75. The van der Waals surface area contributed by atoms with Gasteiger partial charge < -0.3 is 10.4 Å². The Morgan fingerprint density at radius 1 is 1.33 bits per heavy atom. The highest BCUT2D eigenvalue weighted by atomic mass is 19.1. The van der Waals surface area contributed by atoms with E-state index in [0.29, 0.717) is 17.3 Å². The Kier molecular flexibility index (Phi) is 3.84. The minimum atomic E-state index is -0.987. The number of non-ortho nitro benzene ring substituents is 1. The van der Waals surface area contributed by atoms with E-state index in [2.05, 4.69) is 5.32 Å². The normalized spacial score (nSPS) is 10.2. The smallest absolute Gasteiger partial charge is 0.272 e. The third-order valence-electron chi connectivity index (χ3n) is 2.96. The molecule has 0 spiro atoms. The fourth-order valence-corrected chi connectivity index (χ4v) is 1.75. The van der Waals surface area contributed by atoms with Crippen molar-refractivity contribution in [3.8, 4) is 5.75 Å². The van der Waals surface area contributed by atoms with Crippen molar-refractivity contribution in [3.05, 3.63) is 63.5 Å². The summed E-state index contributed by atoms with van der Waals surface area (Å²) >= 11 is 0. The lowest BCUT2D eigenvalue weighted by Gasteiger charge is -2.09. The molecule has 0 aliphatic rings. The molecule has 0 aliphatic carbocycles. The van der Waals surface area contributed by atoms with Crippen molar-refractivity contribution < 1.29 is 19.2 Å². The summed E-state index contributed by atoms with van der Waals surface area (Å²) < 4.78 is 13.7. The number of carbonyl (C=O) groups is 1. The zero-order valence-electron chi connectivity index (χ0n) is 11.0. The van der Waals surface area contributed by atoms with Crippen LogP contribution in [0.5, 0.6) is 5.75 Å². The van der Waals surface area contributed by atoms with E-state index in [-0.39, 0.29) is 11.3 Å². The fraction of sp³-hybridized carbons (Fsp3) is 0.0714. The first kappa shape index (κ1) is 14.4. The molecule has 2 rings (SSSR count). The molecule has 0 atom stereocenters. The van der Waals surface area contributed by atoms with Crippen molar-refractivity contribution in [1.29, 1.82) is 0 Å². The molecule has 21 heavy (non-hydrogen) atoms. The molecule has 0 aromatic heterocycles. The first-order chi connectivity index (χ1) is 9.90. The minimum Gasteiger partial charge on any atom is -0.508 e. The molecule has 2 N–H and O–H groups in total. The van der Waals surface area contributed by atoms with Crippen molar-refractivity contribution in [1.82, 2.24) is 0 Å². The van der Waals surface area contributed by atoms with E-state index in [0.717, 1.165) is 12.1 Å². The van der Waals surface area contributed by atoms with Crippen molar-refractivity contribution in [2.45, 2.75) is 6.92 Å². The highest BCUT2D eigenvalue weighted by Crippen LogP contribution is 2.25. The largest absolute Gasteiger partial charge is 0.508 e. The molecule has 0 saturated carbocycles. The summed E-state index contributed by atoms with van der Waals surface area (Å²) in [5.74, 6) is -1.74. The molecule has 2 aromatic rings. The number of nitrogens with zero attached hydrogens (tertiary/aromatic N) is 1. The van der Waals surface area contributed by atoms with Gasteiger partial charge in [-0.15, -0.1) is 0 Å². The van der Waals surface area contributed by atoms with E-state index in [4.69, 9.17) is 0 Å². The van der Waals surface area contributed by atoms with Gasteiger partial charge in [0.1, 0.15) is 11.6 Å². The van der Waals surface area contributed by atoms with Gasteiger partial charge in [-0.25, -0.2) is 4.39 Å². The summed E-state index contributed by atoms with van der Waals surface area (Å²) in [5, 5.41) is 22.5. The number of aromatic hydroxyl groups is 1. The molecule has 108 valence electrons. The van der Waals surface area contributed by atoms with E-state index in [1.54, 1.807) is 13.0 Å². The lowest BCUT2D eigenvalue weighted by molar-refractivity contribution is -0.385. The third-order valence-corrected chi connectivity index (χ3v) is 2.96. The van der Waals surface area contributed by atoms with Gasteiger partial charge in [-0.05, 0) is 25.1 Å². The van der Waals surface area contributed by atoms with Crippen molar-refractivity contribution in [3.63, 3.8) is 0 Å². The number of amides is 1. The van der Waals surface area contributed by atoms with Crippen LogP contribution in [0.1, 0.15) is 15.9 Å². The highest BCUT2D eigenvalue weighted by Gasteiger charge is 2.17. The van der Waals surface area contributed by atoms with E-state index >= 15 is 0 Å². The second-order valence-corrected chi connectivity index (χ2v) is 4.33. The van der Waals surface area contributed by atoms with Gasteiger partial charge in [0.15, 0.2) is 0 Å². The van der Waals surface area contributed by atoms with Crippen LogP contribution in [0.15, 0.2) is 36.4 Å². The molecule has 0 radical (unpaired) electrons. The number of anilines is 1. The number of rotatable bonds is 3. The van der Waals surface area contributed by atoms with Crippen LogP contribution >= 0.6 is 0 Å². The zero-order valence-corrected chi connectivity index (χ0v) is 11.0. The molecular formula is C14H11FN2O4. The number of halogens is 1. The maximum atomic E-state index is 13.7. The number of nitro groups is 1. The topological polar surface area (TPSA) is 92.5 Å². The number of hydrogen-bond donors (Lipinski definition) is 2. The summed E-state index contributed by atoms with van der Waals surface area (Å²) in [6.45, 7) is 1.59. The Labute approximate surface area is 119 Å². The standard InChI is InChI=1S/C14H11FN2O4/c1-8-12(3-2-4-13(8)18)16-14(19)10-6-5-9(17(20)21)7-11(10)15/h2-7,18H,1H3,(H,16,19). The molecule has 0 aliphatic heterocycles. The van der Waals surface area contributed by atoms with Gasteiger partial charge in [-0.3, -0.25) is 14.9 Å². The summed E-state index contributed by atoms with van der Waals surface area (Å²) in [6.07, 6.45) is 0. The molecule has 2 aromatic carbocycles. The maximum absolute atomic E-state index is 13.7. The molecule has 7 heteroatoms. The van der Waals surface area contributed by atoms with Crippen LogP contribution in [0.4, 0.5) is 15.8 Å². The zero-order chi connectivity index (χ0) is 15.6. The van der Waals surface area contributed by atoms with E-state index < -0.39 is 22.3 Å². The molecule has 0 unspecified atom stereocenters. The predicted molar refractivity (Wildman–Crippen MR) is 73.9 cm³/mol. The van der Waals surface area contributed by atoms with Crippen molar-refractivity contribution in [2.75, 3.05) is 5.32 Å². The van der Waals surface area contributed by atoms with Crippen LogP contribution in [0.3, 0.4) is 0 Å². The van der Waals surface area contributed by atoms with Gasteiger partial charge in [0.05, 0.1) is 16.6 Å². The van der Waals surface area contributed by atoms with E-state index in [1.807, 2.05) is 0 Å². The molecule has 0 heterocycles. The number of phenolic OH excluding ortho intramolecular Hbond substituents is 1. The van der Waals surface area contributed by atoms with Gasteiger partial charge in [0, 0.05) is 17.3 Å². The van der Waals surface area contributed by atoms with Crippen LogP contribution in [0, 0.1) is 22.9 Å². The molecular weight excluding hydrogens is 279 g/mol. The summed E-state index contributed by atoms with van der Waals surface area (Å²) in [5.41, 5.74) is 0.0202. The number of hydrogen-bond acceptors (Lipinski definition) is 4. The van der Waals surface area contributed by atoms with Gasteiger partial charge in [0.25, 0.3) is 11.6 Å². The maximum Gasteiger partial charge on any atom is 0.272 e. The molecule has 0 saturated heterocycles. The van der Waals surface area contributed by atoms with Gasteiger partial charge in [-0.1, -0.05) is 6.07 Å². The second kappa shape index (κ2) is 5.58. The molecule has 1 amide bonds. The third kappa shape index (κ3) is 2.97. The van der Waals surface area contributed by atoms with E-state index in [1.165, 1.54) is 12.1 Å². The van der Waals surface area contributed by atoms with Crippen LogP contribution in [-0.4, -0.2) is 15.9 Å². The molecule has 6 nitrogen and oxygen atoms in total. The Morgan fingerprint density at radius 2 is 2.05 bits per heavy atom. The minimum absolute atomic E-state index is 0.00280. The monoisotopic (exact) mass is 290 g/mol. The van der Waals surface area contributed by atoms with Crippen LogP contribution in [0.25, 0.3) is 0 Å². The molecule has 0 bridgehead atoms. The van der Waals surface area contributed by atoms with E-state index in [9.17, 15) is 24.4 Å². The average Bonchev–Trinajstić information content (AvgIpc) is 2.43.